The number of rotatable bonds is 5. The predicted molar refractivity (Wildman–Crippen MR) is 102 cm³/mol. The largest absolute Gasteiger partial charge is 0.451 e. The molecule has 0 aliphatic heterocycles. The van der Waals surface area contributed by atoms with Crippen LogP contribution in [0.15, 0.2) is 41.8 Å². The minimum atomic E-state index is -0.500. The van der Waals surface area contributed by atoms with E-state index < -0.39 is 11.9 Å². The van der Waals surface area contributed by atoms with Gasteiger partial charge in [0.1, 0.15) is 10.7 Å². The highest BCUT2D eigenvalue weighted by Gasteiger charge is 2.15. The van der Waals surface area contributed by atoms with E-state index in [1.165, 1.54) is 11.3 Å². The second-order valence-electron chi connectivity index (χ2n) is 5.60. The maximum atomic E-state index is 12.1. The monoisotopic (exact) mass is 389 g/mol. The molecule has 3 rings (SSSR count). The molecule has 1 amide bonds. The molecule has 6 nitrogen and oxygen atoms in total. The summed E-state index contributed by atoms with van der Waals surface area (Å²) in [6, 6.07) is 10.8. The molecule has 2 heterocycles. The molecule has 0 saturated carbocycles. The third-order valence-electron chi connectivity index (χ3n) is 3.67. The number of amides is 1. The predicted octanol–water partition coefficient (Wildman–Crippen LogP) is 3.91. The van der Waals surface area contributed by atoms with Gasteiger partial charge >= 0.3 is 5.97 Å². The lowest BCUT2D eigenvalue weighted by Crippen LogP contribution is -2.22. The van der Waals surface area contributed by atoms with E-state index in [-0.39, 0.29) is 6.61 Å². The molecular weight excluding hydrogens is 374 g/mol. The van der Waals surface area contributed by atoms with E-state index in [0.29, 0.717) is 21.4 Å². The van der Waals surface area contributed by atoms with Gasteiger partial charge in [0.25, 0.3) is 5.91 Å². The summed E-state index contributed by atoms with van der Waals surface area (Å²) in [6.45, 7) is 1.46. The lowest BCUT2D eigenvalue weighted by Gasteiger charge is -2.06. The lowest BCUT2D eigenvalue weighted by molar-refractivity contribution is -0.119. The van der Waals surface area contributed by atoms with Crippen LogP contribution < -0.4 is 5.32 Å². The Balaban J connectivity index is 1.62. The van der Waals surface area contributed by atoms with Gasteiger partial charge in [-0.3, -0.25) is 9.48 Å². The summed E-state index contributed by atoms with van der Waals surface area (Å²) in [5.41, 5.74) is 2.41. The molecule has 3 aromatic rings. The number of benzene rings is 1. The van der Waals surface area contributed by atoms with Crippen LogP contribution in [0, 0.1) is 6.92 Å². The van der Waals surface area contributed by atoms with Gasteiger partial charge in [-0.2, -0.15) is 5.10 Å². The Bertz CT molecular complexity index is 947. The van der Waals surface area contributed by atoms with Crippen molar-refractivity contribution < 1.29 is 14.3 Å². The van der Waals surface area contributed by atoms with E-state index in [1.807, 2.05) is 25.1 Å². The van der Waals surface area contributed by atoms with Crippen LogP contribution in [0.2, 0.25) is 5.02 Å². The van der Waals surface area contributed by atoms with Crippen molar-refractivity contribution in [3.63, 3.8) is 0 Å². The fraction of sp³-hybridized carbons (Fsp3) is 0.167. The fourth-order valence-electron chi connectivity index (χ4n) is 2.30. The number of nitrogens with one attached hydrogen (secondary N) is 1. The number of carbonyl (C=O) groups excluding carboxylic acids is 2. The molecule has 1 N–H and O–H groups in total. The van der Waals surface area contributed by atoms with Gasteiger partial charge in [-0.15, -0.1) is 11.3 Å². The molecule has 0 bridgehead atoms. The average Bonchev–Trinajstić information content (AvgIpc) is 3.19. The van der Waals surface area contributed by atoms with Crippen molar-refractivity contribution in [3.8, 4) is 11.3 Å². The number of hydrogen-bond acceptors (Lipinski definition) is 5. The van der Waals surface area contributed by atoms with E-state index in [2.05, 4.69) is 10.4 Å². The number of aromatic nitrogens is 2. The molecule has 1 aromatic carbocycles. The smallest absolute Gasteiger partial charge is 0.349 e. The highest BCUT2D eigenvalue weighted by Crippen LogP contribution is 2.23. The highest BCUT2D eigenvalue weighted by molar-refractivity contribution is 7.12. The van der Waals surface area contributed by atoms with Crippen LogP contribution in [-0.4, -0.2) is 28.3 Å². The Morgan fingerprint density at radius 2 is 2.00 bits per heavy atom. The summed E-state index contributed by atoms with van der Waals surface area (Å²) in [5, 5.41) is 9.50. The van der Waals surface area contributed by atoms with E-state index in [9.17, 15) is 9.59 Å². The lowest BCUT2D eigenvalue weighted by atomic mass is 10.1. The molecule has 0 spiro atoms. The van der Waals surface area contributed by atoms with Crippen molar-refractivity contribution in [1.82, 2.24) is 9.78 Å². The molecule has 134 valence electrons. The average molecular weight is 390 g/mol. The standard InChI is InChI=1S/C18H16ClN3O3S/c1-11-7-8-26-17(11)18(24)25-10-16(23)20-15-9-14(21-22(15)2)12-3-5-13(19)6-4-12/h3-9H,10H2,1-2H3,(H,20,23). The number of hydrogen-bond donors (Lipinski definition) is 1. The second-order valence-corrected chi connectivity index (χ2v) is 6.95. The normalized spacial score (nSPS) is 10.6. The summed E-state index contributed by atoms with van der Waals surface area (Å²) >= 11 is 7.18. The summed E-state index contributed by atoms with van der Waals surface area (Å²) in [5.74, 6) is -0.430. The zero-order valence-electron chi connectivity index (χ0n) is 14.2. The quantitative estimate of drug-likeness (QED) is 0.671. The van der Waals surface area contributed by atoms with Crippen molar-refractivity contribution in [2.45, 2.75) is 6.92 Å². The first-order chi connectivity index (χ1) is 12.4. The number of ether oxygens (including phenoxy) is 1. The zero-order chi connectivity index (χ0) is 18.7. The number of thiophene rings is 1. The van der Waals surface area contributed by atoms with Gasteiger partial charge < -0.3 is 10.1 Å². The van der Waals surface area contributed by atoms with Crippen LogP contribution in [0.4, 0.5) is 5.82 Å². The molecule has 0 atom stereocenters. The van der Waals surface area contributed by atoms with Gasteiger partial charge in [0.15, 0.2) is 6.61 Å². The highest BCUT2D eigenvalue weighted by atomic mass is 35.5. The van der Waals surface area contributed by atoms with Crippen LogP contribution in [0.25, 0.3) is 11.3 Å². The molecule has 0 aliphatic carbocycles. The first-order valence-corrected chi connectivity index (χ1v) is 9.01. The van der Waals surface area contributed by atoms with Crippen LogP contribution in [0.3, 0.4) is 0 Å². The van der Waals surface area contributed by atoms with Crippen LogP contribution >= 0.6 is 22.9 Å². The Morgan fingerprint density at radius 1 is 1.27 bits per heavy atom. The summed E-state index contributed by atoms with van der Waals surface area (Å²) in [4.78, 5) is 24.5. The molecule has 26 heavy (non-hydrogen) atoms. The number of esters is 1. The maximum absolute atomic E-state index is 12.1. The van der Waals surface area contributed by atoms with E-state index in [0.717, 1.165) is 11.1 Å². The van der Waals surface area contributed by atoms with Gasteiger partial charge in [0.05, 0.1) is 5.69 Å². The third-order valence-corrected chi connectivity index (χ3v) is 4.92. The summed E-state index contributed by atoms with van der Waals surface area (Å²) in [6.07, 6.45) is 0. The molecule has 0 saturated heterocycles. The second kappa shape index (κ2) is 7.72. The van der Waals surface area contributed by atoms with Crippen molar-refractivity contribution in [2.75, 3.05) is 11.9 Å². The molecule has 0 unspecified atom stereocenters. The first-order valence-electron chi connectivity index (χ1n) is 7.75. The number of carbonyl (C=O) groups is 2. The molecule has 0 aliphatic rings. The van der Waals surface area contributed by atoms with E-state index >= 15 is 0 Å². The zero-order valence-corrected chi connectivity index (χ0v) is 15.7. The minimum absolute atomic E-state index is 0.363. The molecule has 8 heteroatoms. The van der Waals surface area contributed by atoms with Gasteiger partial charge in [-0.05, 0) is 36.1 Å². The SMILES string of the molecule is Cc1ccsc1C(=O)OCC(=O)Nc1cc(-c2ccc(Cl)cc2)nn1C. The molecule has 0 radical (unpaired) electrons. The maximum Gasteiger partial charge on any atom is 0.349 e. The summed E-state index contributed by atoms with van der Waals surface area (Å²) in [7, 11) is 1.72. The molecular formula is C18H16ClN3O3S. The van der Waals surface area contributed by atoms with Crippen molar-refractivity contribution >= 4 is 40.6 Å². The first kappa shape index (κ1) is 18.2. The van der Waals surface area contributed by atoms with Gasteiger partial charge in [-0.1, -0.05) is 23.7 Å². The minimum Gasteiger partial charge on any atom is -0.451 e. The fourth-order valence-corrected chi connectivity index (χ4v) is 3.25. The number of nitrogens with zero attached hydrogens (tertiary/aromatic N) is 2. The van der Waals surface area contributed by atoms with Crippen molar-refractivity contribution in [2.24, 2.45) is 7.05 Å². The Hall–Kier alpha value is -2.64. The molecule has 0 fully saturated rings. The van der Waals surface area contributed by atoms with Gasteiger partial charge in [0, 0.05) is 23.7 Å². The third kappa shape index (κ3) is 4.12. The van der Waals surface area contributed by atoms with Crippen LogP contribution in [-0.2, 0) is 16.6 Å². The van der Waals surface area contributed by atoms with Gasteiger partial charge in [0.2, 0.25) is 0 Å². The Morgan fingerprint density at radius 3 is 2.65 bits per heavy atom. The molecule has 2 aromatic heterocycles. The Labute approximate surface area is 159 Å². The van der Waals surface area contributed by atoms with Crippen LogP contribution in [0.5, 0.6) is 0 Å². The Kier molecular flexibility index (Phi) is 5.39. The topological polar surface area (TPSA) is 73.2 Å². The van der Waals surface area contributed by atoms with Crippen molar-refractivity contribution in [3.05, 3.63) is 57.2 Å². The van der Waals surface area contributed by atoms with Crippen molar-refractivity contribution in [1.29, 1.82) is 0 Å². The number of aryl methyl sites for hydroxylation is 2. The van der Waals surface area contributed by atoms with E-state index in [1.54, 1.807) is 35.3 Å². The van der Waals surface area contributed by atoms with E-state index in [4.69, 9.17) is 16.3 Å². The summed E-state index contributed by atoms with van der Waals surface area (Å²) < 4.78 is 6.61. The number of halogens is 1. The van der Waals surface area contributed by atoms with Crippen LogP contribution in [0.1, 0.15) is 15.2 Å². The number of anilines is 1. The van der Waals surface area contributed by atoms with Gasteiger partial charge in [-0.25, -0.2) is 4.79 Å².